The Balaban J connectivity index is 1.49. The van der Waals surface area contributed by atoms with E-state index in [4.69, 9.17) is 0 Å². The minimum atomic E-state index is -3.87. The highest BCUT2D eigenvalue weighted by Gasteiger charge is 2.26. The number of hydrogen-bond acceptors (Lipinski definition) is 3. The van der Waals surface area contributed by atoms with E-state index in [0.29, 0.717) is 6.54 Å². The van der Waals surface area contributed by atoms with E-state index in [0.717, 1.165) is 34.9 Å². The van der Waals surface area contributed by atoms with Gasteiger partial charge >= 0.3 is 0 Å². The van der Waals surface area contributed by atoms with Gasteiger partial charge in [0.2, 0.25) is 15.9 Å². The van der Waals surface area contributed by atoms with Crippen molar-refractivity contribution in [1.82, 2.24) is 15.0 Å². The number of aryl methyl sites for hydroxylation is 2. The van der Waals surface area contributed by atoms with E-state index in [1.54, 1.807) is 24.3 Å². The van der Waals surface area contributed by atoms with Crippen molar-refractivity contribution >= 4 is 26.8 Å². The third-order valence-electron chi connectivity index (χ3n) is 5.83. The molecule has 0 saturated heterocycles. The van der Waals surface area contributed by atoms with E-state index in [-0.39, 0.29) is 17.2 Å². The lowest BCUT2D eigenvalue weighted by Gasteiger charge is -2.19. The molecule has 0 spiro atoms. The Morgan fingerprint density at radius 1 is 0.941 bits per heavy atom. The fraction of sp³-hybridized carbons (Fsp3) is 0.222. The number of carbonyl (C=O) groups excluding carboxylic acids is 1. The number of rotatable bonds is 10. The first-order valence-electron chi connectivity index (χ1n) is 11.4. The highest BCUT2D eigenvalue weighted by molar-refractivity contribution is 7.89. The second-order valence-electron chi connectivity index (χ2n) is 8.43. The van der Waals surface area contributed by atoms with Crippen LogP contribution in [0.4, 0.5) is 0 Å². The minimum Gasteiger partial charge on any atom is -0.361 e. The molecule has 3 N–H and O–H groups in total. The van der Waals surface area contributed by atoms with Gasteiger partial charge in [0.25, 0.3) is 0 Å². The molecule has 1 amide bonds. The first-order chi connectivity index (χ1) is 16.4. The van der Waals surface area contributed by atoms with Crippen molar-refractivity contribution in [3.63, 3.8) is 0 Å². The number of aromatic amines is 1. The maximum Gasteiger partial charge on any atom is 0.241 e. The standard InChI is InChI=1S/C27H29N3O3S/c1-20-13-15-23(16-14-20)34(32,33)30-26(18-22-19-29-25-12-6-5-11-24(22)25)27(31)28-17-7-10-21-8-3-2-4-9-21/h2-6,8-9,11-16,19,26,29-30H,7,10,17-18H2,1H3,(H,28,31)/t26-/m0/s1. The molecule has 0 aliphatic heterocycles. The van der Waals surface area contributed by atoms with Gasteiger partial charge in [-0.2, -0.15) is 4.72 Å². The summed E-state index contributed by atoms with van der Waals surface area (Å²) in [4.78, 5) is 16.5. The molecular weight excluding hydrogens is 446 g/mol. The molecule has 0 saturated carbocycles. The van der Waals surface area contributed by atoms with Gasteiger partial charge in [-0.15, -0.1) is 0 Å². The minimum absolute atomic E-state index is 0.138. The number of fused-ring (bicyclic) bond motifs is 1. The number of para-hydroxylation sites is 1. The van der Waals surface area contributed by atoms with Crippen LogP contribution in [-0.2, 0) is 27.7 Å². The van der Waals surface area contributed by atoms with Gasteiger partial charge in [-0.1, -0.05) is 66.2 Å². The molecule has 4 aromatic rings. The Kier molecular flexibility index (Phi) is 7.45. The van der Waals surface area contributed by atoms with Crippen LogP contribution >= 0.6 is 0 Å². The molecular formula is C27H29N3O3S. The highest BCUT2D eigenvalue weighted by Crippen LogP contribution is 2.20. The molecule has 0 unspecified atom stereocenters. The van der Waals surface area contributed by atoms with Crippen molar-refractivity contribution in [2.45, 2.75) is 37.1 Å². The monoisotopic (exact) mass is 475 g/mol. The lowest BCUT2D eigenvalue weighted by atomic mass is 10.0. The van der Waals surface area contributed by atoms with E-state index < -0.39 is 16.1 Å². The Labute approximate surface area is 200 Å². The zero-order chi connectivity index (χ0) is 24.0. The van der Waals surface area contributed by atoms with Crippen LogP contribution in [0.5, 0.6) is 0 Å². The van der Waals surface area contributed by atoms with Gasteiger partial charge < -0.3 is 10.3 Å². The molecule has 1 aromatic heterocycles. The molecule has 1 atom stereocenters. The summed E-state index contributed by atoms with van der Waals surface area (Å²) in [5.41, 5.74) is 3.99. The molecule has 0 aliphatic rings. The van der Waals surface area contributed by atoms with Crippen molar-refractivity contribution in [2.75, 3.05) is 6.54 Å². The molecule has 1 heterocycles. The molecule has 0 aliphatic carbocycles. The zero-order valence-corrected chi connectivity index (χ0v) is 19.9. The Bertz CT molecular complexity index is 1350. The van der Waals surface area contributed by atoms with Crippen LogP contribution in [0, 0.1) is 6.92 Å². The summed E-state index contributed by atoms with van der Waals surface area (Å²) in [5.74, 6) is -0.339. The third kappa shape index (κ3) is 5.92. The summed E-state index contributed by atoms with van der Waals surface area (Å²) in [6.45, 7) is 2.36. The fourth-order valence-electron chi connectivity index (χ4n) is 3.95. The van der Waals surface area contributed by atoms with Crippen LogP contribution < -0.4 is 10.0 Å². The van der Waals surface area contributed by atoms with Crippen molar-refractivity contribution in [1.29, 1.82) is 0 Å². The maximum atomic E-state index is 13.1. The quantitative estimate of drug-likeness (QED) is 0.302. The summed E-state index contributed by atoms with van der Waals surface area (Å²) in [5, 5.41) is 3.89. The fourth-order valence-corrected chi connectivity index (χ4v) is 5.15. The van der Waals surface area contributed by atoms with Gasteiger partial charge in [0.1, 0.15) is 6.04 Å². The molecule has 3 aromatic carbocycles. The zero-order valence-electron chi connectivity index (χ0n) is 19.1. The molecule has 6 nitrogen and oxygen atoms in total. The molecule has 176 valence electrons. The van der Waals surface area contributed by atoms with Crippen molar-refractivity contribution in [2.24, 2.45) is 0 Å². The Morgan fingerprint density at radius 3 is 2.41 bits per heavy atom. The normalized spacial score (nSPS) is 12.5. The van der Waals surface area contributed by atoms with Crippen LogP contribution in [0.25, 0.3) is 10.9 Å². The topological polar surface area (TPSA) is 91.1 Å². The maximum absolute atomic E-state index is 13.1. The second-order valence-corrected chi connectivity index (χ2v) is 10.1. The number of nitrogens with one attached hydrogen (secondary N) is 3. The van der Waals surface area contributed by atoms with E-state index >= 15 is 0 Å². The molecule has 34 heavy (non-hydrogen) atoms. The average Bonchev–Trinajstić information content (AvgIpc) is 3.25. The molecule has 0 radical (unpaired) electrons. The number of hydrogen-bond donors (Lipinski definition) is 3. The first-order valence-corrected chi connectivity index (χ1v) is 12.9. The van der Waals surface area contributed by atoms with Gasteiger partial charge in [0.05, 0.1) is 4.90 Å². The number of aromatic nitrogens is 1. The van der Waals surface area contributed by atoms with Gasteiger partial charge in [0.15, 0.2) is 0 Å². The summed E-state index contributed by atoms with van der Waals surface area (Å²) in [6, 6.07) is 23.5. The van der Waals surface area contributed by atoms with Gasteiger partial charge in [-0.3, -0.25) is 4.79 Å². The van der Waals surface area contributed by atoms with Gasteiger partial charge in [0, 0.05) is 23.6 Å². The Morgan fingerprint density at radius 2 is 1.65 bits per heavy atom. The summed E-state index contributed by atoms with van der Waals surface area (Å²) >= 11 is 0. The van der Waals surface area contributed by atoms with E-state index in [2.05, 4.69) is 27.2 Å². The lowest BCUT2D eigenvalue weighted by Crippen LogP contribution is -2.48. The molecule has 4 rings (SSSR count). The summed E-state index contributed by atoms with van der Waals surface area (Å²) in [7, 11) is -3.87. The number of amides is 1. The van der Waals surface area contributed by atoms with Crippen molar-refractivity contribution < 1.29 is 13.2 Å². The second kappa shape index (κ2) is 10.7. The Hall–Kier alpha value is -3.42. The summed E-state index contributed by atoms with van der Waals surface area (Å²) < 4.78 is 28.8. The third-order valence-corrected chi connectivity index (χ3v) is 7.32. The van der Waals surface area contributed by atoms with Crippen LogP contribution in [-0.4, -0.2) is 31.9 Å². The van der Waals surface area contributed by atoms with Gasteiger partial charge in [-0.05, 0) is 55.5 Å². The predicted molar refractivity (Wildman–Crippen MR) is 135 cm³/mol. The smallest absolute Gasteiger partial charge is 0.241 e. The number of sulfonamides is 1. The van der Waals surface area contributed by atoms with Crippen LogP contribution in [0.15, 0.2) is 90.0 Å². The number of H-pyrrole nitrogens is 1. The van der Waals surface area contributed by atoms with E-state index in [1.165, 1.54) is 5.56 Å². The van der Waals surface area contributed by atoms with Crippen LogP contribution in [0.3, 0.4) is 0 Å². The highest BCUT2D eigenvalue weighted by atomic mass is 32.2. The van der Waals surface area contributed by atoms with Crippen molar-refractivity contribution in [3.05, 3.63) is 102 Å². The molecule has 0 bridgehead atoms. The van der Waals surface area contributed by atoms with Crippen LogP contribution in [0.2, 0.25) is 0 Å². The predicted octanol–water partition coefficient (Wildman–Crippen LogP) is 4.11. The molecule has 0 fully saturated rings. The number of carbonyl (C=O) groups is 1. The molecule has 7 heteroatoms. The average molecular weight is 476 g/mol. The van der Waals surface area contributed by atoms with E-state index in [1.807, 2.05) is 55.6 Å². The first kappa shape index (κ1) is 23.7. The number of benzene rings is 3. The van der Waals surface area contributed by atoms with Gasteiger partial charge in [-0.25, -0.2) is 8.42 Å². The lowest BCUT2D eigenvalue weighted by molar-refractivity contribution is -0.122. The van der Waals surface area contributed by atoms with Crippen molar-refractivity contribution in [3.8, 4) is 0 Å². The SMILES string of the molecule is Cc1ccc(S(=O)(=O)N[C@@H](Cc2c[nH]c3ccccc23)C(=O)NCCCc2ccccc2)cc1. The largest absolute Gasteiger partial charge is 0.361 e. The van der Waals surface area contributed by atoms with E-state index in [9.17, 15) is 13.2 Å². The van der Waals surface area contributed by atoms with Crippen LogP contribution in [0.1, 0.15) is 23.1 Å². The summed E-state index contributed by atoms with van der Waals surface area (Å²) in [6.07, 6.45) is 3.67.